The molecule has 4 heteroatoms. The summed E-state index contributed by atoms with van der Waals surface area (Å²) in [5.74, 6) is 0.118. The second-order valence-corrected chi connectivity index (χ2v) is 3.99. The van der Waals surface area contributed by atoms with Gasteiger partial charge in [-0.1, -0.05) is 0 Å². The maximum atomic E-state index is 12.9. The Morgan fingerprint density at radius 1 is 1.62 bits per heavy atom. The van der Waals surface area contributed by atoms with Crippen LogP contribution in [-0.2, 0) is 4.79 Å². The molecule has 13 heavy (non-hydrogen) atoms. The molecular formula is C9H17FN2O. The van der Waals surface area contributed by atoms with Crippen LogP contribution in [-0.4, -0.2) is 62.0 Å². The first kappa shape index (κ1) is 10.6. The van der Waals surface area contributed by atoms with Gasteiger partial charge in [0.25, 0.3) is 0 Å². The Balaban J connectivity index is 2.47. The molecule has 0 aliphatic carbocycles. The highest BCUT2D eigenvalue weighted by molar-refractivity contribution is 5.86. The Kier molecular flexibility index (Phi) is 3.39. The minimum Gasteiger partial charge on any atom is -0.302 e. The van der Waals surface area contributed by atoms with Crippen LogP contribution in [0, 0.1) is 0 Å². The van der Waals surface area contributed by atoms with E-state index in [9.17, 15) is 9.18 Å². The lowest BCUT2D eigenvalue weighted by Crippen LogP contribution is -2.38. The van der Waals surface area contributed by atoms with Crippen molar-refractivity contribution in [2.45, 2.75) is 18.6 Å². The van der Waals surface area contributed by atoms with Crippen molar-refractivity contribution in [3.05, 3.63) is 0 Å². The van der Waals surface area contributed by atoms with Gasteiger partial charge < -0.3 is 4.90 Å². The predicted molar refractivity (Wildman–Crippen MR) is 49.5 cm³/mol. The Labute approximate surface area is 78.5 Å². The number of halogens is 1. The van der Waals surface area contributed by atoms with Crippen molar-refractivity contribution in [1.82, 2.24) is 9.80 Å². The summed E-state index contributed by atoms with van der Waals surface area (Å²) in [5.41, 5.74) is 0. The number of Topliss-reactive ketones (excluding diaryl/α,β-unsaturated/α-hetero) is 1. The molecule has 2 atom stereocenters. The third kappa shape index (κ3) is 2.74. The molecule has 1 heterocycles. The topological polar surface area (TPSA) is 23.6 Å². The minimum absolute atomic E-state index is 0.118. The molecule has 0 aromatic carbocycles. The van der Waals surface area contributed by atoms with Crippen LogP contribution >= 0.6 is 0 Å². The summed E-state index contributed by atoms with van der Waals surface area (Å²) in [7, 11) is 5.50. The first-order valence-corrected chi connectivity index (χ1v) is 4.52. The van der Waals surface area contributed by atoms with Gasteiger partial charge in [-0.3, -0.25) is 9.69 Å². The van der Waals surface area contributed by atoms with E-state index in [0.717, 1.165) is 0 Å². The van der Waals surface area contributed by atoms with E-state index in [4.69, 9.17) is 0 Å². The average Bonchev–Trinajstić information content (AvgIpc) is 2.28. The Morgan fingerprint density at radius 2 is 2.23 bits per heavy atom. The van der Waals surface area contributed by atoms with Crippen molar-refractivity contribution in [2.75, 3.05) is 34.2 Å². The molecule has 76 valence electrons. The molecule has 0 bridgehead atoms. The van der Waals surface area contributed by atoms with Crippen molar-refractivity contribution in [1.29, 1.82) is 0 Å². The lowest BCUT2D eigenvalue weighted by molar-refractivity contribution is -0.123. The molecule has 2 unspecified atom stereocenters. The molecule has 3 nitrogen and oxygen atoms in total. The molecule has 1 aliphatic rings. The summed E-state index contributed by atoms with van der Waals surface area (Å²) < 4.78 is 12.9. The fraction of sp³-hybridized carbons (Fsp3) is 0.889. The SMILES string of the molecule is CN(C)CC(=O)C1CC(F)CN1C. The van der Waals surface area contributed by atoms with Gasteiger partial charge in [0.05, 0.1) is 12.6 Å². The minimum atomic E-state index is -0.832. The van der Waals surface area contributed by atoms with E-state index >= 15 is 0 Å². The molecule has 0 amide bonds. The highest BCUT2D eigenvalue weighted by Gasteiger charge is 2.33. The van der Waals surface area contributed by atoms with Gasteiger partial charge in [-0.25, -0.2) is 4.39 Å². The van der Waals surface area contributed by atoms with Gasteiger partial charge in [0.15, 0.2) is 5.78 Å². The van der Waals surface area contributed by atoms with Gasteiger partial charge >= 0.3 is 0 Å². The van der Waals surface area contributed by atoms with E-state index in [1.807, 2.05) is 19.0 Å². The molecule has 0 radical (unpaired) electrons. The molecule has 0 aromatic heterocycles. The van der Waals surface area contributed by atoms with E-state index < -0.39 is 6.17 Å². The van der Waals surface area contributed by atoms with Crippen LogP contribution in [0.1, 0.15) is 6.42 Å². The third-order valence-electron chi connectivity index (χ3n) is 2.34. The average molecular weight is 188 g/mol. The highest BCUT2D eigenvalue weighted by atomic mass is 19.1. The van der Waals surface area contributed by atoms with Gasteiger partial charge in [-0.15, -0.1) is 0 Å². The lowest BCUT2D eigenvalue weighted by Gasteiger charge is -2.19. The first-order chi connectivity index (χ1) is 6.00. The summed E-state index contributed by atoms with van der Waals surface area (Å²) in [5, 5.41) is 0. The van der Waals surface area contributed by atoms with Crippen LogP contribution < -0.4 is 0 Å². The van der Waals surface area contributed by atoms with Gasteiger partial charge in [0.2, 0.25) is 0 Å². The van der Waals surface area contributed by atoms with E-state index in [1.165, 1.54) is 0 Å². The quantitative estimate of drug-likeness (QED) is 0.630. The molecular weight excluding hydrogens is 171 g/mol. The van der Waals surface area contributed by atoms with Gasteiger partial charge in [0, 0.05) is 13.0 Å². The number of ketones is 1. The maximum absolute atomic E-state index is 12.9. The summed E-state index contributed by atoms with van der Waals surface area (Å²) in [6.45, 7) is 0.797. The van der Waals surface area contributed by atoms with Crippen molar-refractivity contribution < 1.29 is 9.18 Å². The zero-order chi connectivity index (χ0) is 10.0. The molecule has 1 fully saturated rings. The molecule has 1 aliphatic heterocycles. The third-order valence-corrected chi connectivity index (χ3v) is 2.34. The van der Waals surface area contributed by atoms with Gasteiger partial charge in [-0.05, 0) is 21.1 Å². The van der Waals surface area contributed by atoms with Crippen molar-refractivity contribution in [3.8, 4) is 0 Å². The number of alkyl halides is 1. The van der Waals surface area contributed by atoms with Gasteiger partial charge in [0.1, 0.15) is 6.17 Å². The van der Waals surface area contributed by atoms with Crippen LogP contribution in [0.15, 0.2) is 0 Å². The second-order valence-electron chi connectivity index (χ2n) is 3.99. The lowest BCUT2D eigenvalue weighted by atomic mass is 10.1. The Hall–Kier alpha value is -0.480. The van der Waals surface area contributed by atoms with E-state index in [1.54, 1.807) is 11.9 Å². The Morgan fingerprint density at radius 3 is 2.62 bits per heavy atom. The van der Waals surface area contributed by atoms with Crippen LogP contribution in [0.2, 0.25) is 0 Å². The highest BCUT2D eigenvalue weighted by Crippen LogP contribution is 2.19. The van der Waals surface area contributed by atoms with Crippen LogP contribution in [0.3, 0.4) is 0 Å². The number of hydrogen-bond acceptors (Lipinski definition) is 3. The summed E-state index contributed by atoms with van der Waals surface area (Å²) in [4.78, 5) is 15.2. The van der Waals surface area contributed by atoms with Crippen LogP contribution in [0.25, 0.3) is 0 Å². The molecule has 0 aromatic rings. The fourth-order valence-electron chi connectivity index (χ4n) is 1.73. The summed E-state index contributed by atoms with van der Waals surface area (Å²) >= 11 is 0. The van der Waals surface area contributed by atoms with Crippen molar-refractivity contribution in [2.24, 2.45) is 0 Å². The number of carbonyl (C=O) groups is 1. The van der Waals surface area contributed by atoms with Gasteiger partial charge in [-0.2, -0.15) is 0 Å². The maximum Gasteiger partial charge on any atom is 0.163 e. The monoisotopic (exact) mass is 188 g/mol. The second kappa shape index (κ2) is 4.15. The zero-order valence-electron chi connectivity index (χ0n) is 8.46. The standard InChI is InChI=1S/C9H17FN2O/c1-11(2)6-9(13)8-4-7(10)5-12(8)3/h7-8H,4-6H2,1-3H3. The smallest absolute Gasteiger partial charge is 0.163 e. The molecule has 0 saturated carbocycles. The van der Waals surface area contributed by atoms with E-state index in [-0.39, 0.29) is 11.8 Å². The van der Waals surface area contributed by atoms with E-state index in [0.29, 0.717) is 19.5 Å². The Bertz CT molecular complexity index is 196. The van der Waals surface area contributed by atoms with Crippen molar-refractivity contribution >= 4 is 5.78 Å². The number of likely N-dealkylation sites (tertiary alicyclic amines) is 1. The number of nitrogens with zero attached hydrogens (tertiary/aromatic N) is 2. The fourth-order valence-corrected chi connectivity index (χ4v) is 1.73. The van der Waals surface area contributed by atoms with Crippen molar-refractivity contribution in [3.63, 3.8) is 0 Å². The number of likely N-dealkylation sites (N-methyl/N-ethyl adjacent to an activating group) is 2. The molecule has 1 rings (SSSR count). The normalized spacial score (nSPS) is 29.9. The first-order valence-electron chi connectivity index (χ1n) is 4.52. The van der Waals surface area contributed by atoms with Crippen LogP contribution in [0.5, 0.6) is 0 Å². The van der Waals surface area contributed by atoms with E-state index in [2.05, 4.69) is 0 Å². The largest absolute Gasteiger partial charge is 0.302 e. The predicted octanol–water partition coefficient (Wildman–Crippen LogP) is 0.159. The number of hydrogen-bond donors (Lipinski definition) is 0. The summed E-state index contributed by atoms with van der Waals surface area (Å²) in [6, 6.07) is -0.211. The molecule has 0 N–H and O–H groups in total. The number of carbonyl (C=O) groups excluding carboxylic acids is 1. The zero-order valence-corrected chi connectivity index (χ0v) is 8.46. The molecule has 1 saturated heterocycles. The van der Waals surface area contributed by atoms with Crippen LogP contribution in [0.4, 0.5) is 4.39 Å². The summed E-state index contributed by atoms with van der Waals surface area (Å²) in [6.07, 6.45) is -0.468. The molecule has 0 spiro atoms. The number of rotatable bonds is 3.